The lowest BCUT2D eigenvalue weighted by molar-refractivity contribution is 0.103. The molecule has 158 valence electrons. The number of anilines is 2. The molecule has 0 spiro atoms. The van der Waals surface area contributed by atoms with E-state index in [2.05, 4.69) is 39.3 Å². The molecule has 0 bridgehead atoms. The van der Waals surface area contributed by atoms with Crippen molar-refractivity contribution in [1.82, 2.24) is 9.88 Å². The summed E-state index contributed by atoms with van der Waals surface area (Å²) in [6, 6.07) is 17.9. The fourth-order valence-corrected chi connectivity index (χ4v) is 4.56. The molecule has 0 radical (unpaired) electrons. The number of hydrogen-bond acceptors (Lipinski definition) is 6. The van der Waals surface area contributed by atoms with Crippen molar-refractivity contribution in [3.63, 3.8) is 0 Å². The van der Waals surface area contributed by atoms with Gasteiger partial charge < -0.3 is 10.2 Å². The second kappa shape index (κ2) is 9.73. The van der Waals surface area contributed by atoms with Crippen LogP contribution in [0.2, 0.25) is 0 Å². The van der Waals surface area contributed by atoms with E-state index in [1.54, 1.807) is 6.20 Å². The molecule has 1 saturated heterocycles. The number of carbonyl (C=O) groups is 1. The number of nitrogens with zero attached hydrogens (tertiary/aromatic N) is 4. The summed E-state index contributed by atoms with van der Waals surface area (Å²) >= 11 is 1.43. The van der Waals surface area contributed by atoms with Crippen LogP contribution in [0.3, 0.4) is 0 Å². The summed E-state index contributed by atoms with van der Waals surface area (Å²) in [6.07, 6.45) is 3.83. The van der Waals surface area contributed by atoms with Crippen molar-refractivity contribution < 1.29 is 4.79 Å². The average Bonchev–Trinajstić information content (AvgIpc) is 3.35. The average molecular weight is 432 g/mol. The number of pyridine rings is 1. The highest BCUT2D eigenvalue weighted by Gasteiger charge is 2.23. The molecule has 0 aliphatic carbocycles. The van der Waals surface area contributed by atoms with Gasteiger partial charge in [-0.2, -0.15) is 5.26 Å². The summed E-state index contributed by atoms with van der Waals surface area (Å²) in [4.78, 5) is 22.2. The molecule has 1 N–H and O–H groups in total. The fraction of sp³-hybridized carbons (Fsp3) is 0.292. The SMILES string of the molecule is CN(c1cc(NC(=O)c2cccs2)ccn1)C1CCN(Cc2cccc(C#N)c2)CC1. The predicted octanol–water partition coefficient (Wildman–Crippen LogP) is 4.37. The molecular weight excluding hydrogens is 406 g/mol. The van der Waals surface area contributed by atoms with Gasteiger partial charge in [0, 0.05) is 50.7 Å². The maximum atomic E-state index is 12.3. The van der Waals surface area contributed by atoms with Crippen molar-refractivity contribution in [2.45, 2.75) is 25.4 Å². The Morgan fingerprint density at radius 2 is 2.10 bits per heavy atom. The molecule has 4 rings (SSSR count). The summed E-state index contributed by atoms with van der Waals surface area (Å²) in [5.74, 6) is 0.771. The van der Waals surface area contributed by atoms with E-state index in [-0.39, 0.29) is 5.91 Å². The zero-order valence-electron chi connectivity index (χ0n) is 17.5. The van der Waals surface area contributed by atoms with Crippen molar-refractivity contribution in [2.24, 2.45) is 0 Å². The minimum Gasteiger partial charge on any atom is -0.357 e. The van der Waals surface area contributed by atoms with Crippen LogP contribution in [0.15, 0.2) is 60.1 Å². The van der Waals surface area contributed by atoms with Gasteiger partial charge in [-0.3, -0.25) is 9.69 Å². The molecule has 1 amide bonds. The van der Waals surface area contributed by atoms with Gasteiger partial charge in [-0.15, -0.1) is 11.3 Å². The minimum atomic E-state index is -0.0939. The van der Waals surface area contributed by atoms with E-state index in [0.717, 1.165) is 44.0 Å². The molecule has 2 aromatic heterocycles. The van der Waals surface area contributed by atoms with Crippen LogP contribution >= 0.6 is 11.3 Å². The van der Waals surface area contributed by atoms with Gasteiger partial charge in [0.25, 0.3) is 5.91 Å². The maximum absolute atomic E-state index is 12.3. The summed E-state index contributed by atoms with van der Waals surface area (Å²) < 4.78 is 0. The Balaban J connectivity index is 1.33. The number of nitrogens with one attached hydrogen (secondary N) is 1. The second-order valence-corrected chi connectivity index (χ2v) is 8.71. The first-order chi connectivity index (χ1) is 15.1. The third-order valence-electron chi connectivity index (χ3n) is 5.68. The summed E-state index contributed by atoms with van der Waals surface area (Å²) in [5, 5.41) is 13.9. The van der Waals surface area contributed by atoms with Crippen molar-refractivity contribution in [2.75, 3.05) is 30.4 Å². The van der Waals surface area contributed by atoms with Gasteiger partial charge in [0.05, 0.1) is 16.5 Å². The normalized spacial score (nSPS) is 14.7. The van der Waals surface area contributed by atoms with E-state index in [9.17, 15) is 4.79 Å². The Morgan fingerprint density at radius 1 is 1.26 bits per heavy atom. The highest BCUT2D eigenvalue weighted by atomic mass is 32.1. The van der Waals surface area contributed by atoms with Gasteiger partial charge in [-0.25, -0.2) is 4.98 Å². The molecular formula is C24H25N5OS. The molecule has 3 aromatic rings. The topological polar surface area (TPSA) is 72.3 Å². The third kappa shape index (κ3) is 5.29. The molecule has 31 heavy (non-hydrogen) atoms. The number of hydrogen-bond donors (Lipinski definition) is 1. The lowest BCUT2D eigenvalue weighted by Crippen LogP contribution is -2.43. The van der Waals surface area contributed by atoms with Crippen LogP contribution in [0.4, 0.5) is 11.5 Å². The van der Waals surface area contributed by atoms with Crippen LogP contribution in [0.25, 0.3) is 0 Å². The molecule has 3 heterocycles. The number of amides is 1. The van der Waals surface area contributed by atoms with E-state index in [1.807, 2.05) is 47.8 Å². The molecule has 1 aromatic carbocycles. The summed E-state index contributed by atoms with van der Waals surface area (Å²) in [5.41, 5.74) is 2.65. The van der Waals surface area contributed by atoms with E-state index in [0.29, 0.717) is 16.5 Å². The lowest BCUT2D eigenvalue weighted by atomic mass is 10.0. The second-order valence-electron chi connectivity index (χ2n) is 7.76. The number of rotatable bonds is 6. The minimum absolute atomic E-state index is 0.0939. The number of thiophene rings is 1. The Kier molecular flexibility index (Phi) is 6.60. The summed E-state index contributed by atoms with van der Waals surface area (Å²) in [7, 11) is 2.07. The first-order valence-corrected chi connectivity index (χ1v) is 11.3. The first kappa shape index (κ1) is 21.0. The highest BCUT2D eigenvalue weighted by Crippen LogP contribution is 2.24. The van der Waals surface area contributed by atoms with Gasteiger partial charge >= 0.3 is 0 Å². The van der Waals surface area contributed by atoms with E-state index in [1.165, 1.54) is 16.9 Å². The van der Waals surface area contributed by atoms with Crippen LogP contribution in [0.1, 0.15) is 33.6 Å². The van der Waals surface area contributed by atoms with Crippen LogP contribution in [0.5, 0.6) is 0 Å². The highest BCUT2D eigenvalue weighted by molar-refractivity contribution is 7.12. The Bertz CT molecular complexity index is 1070. The number of aromatic nitrogens is 1. The number of benzene rings is 1. The zero-order valence-corrected chi connectivity index (χ0v) is 18.3. The Morgan fingerprint density at radius 3 is 2.84 bits per heavy atom. The fourth-order valence-electron chi connectivity index (χ4n) is 3.94. The van der Waals surface area contributed by atoms with Crippen molar-refractivity contribution >= 4 is 28.7 Å². The largest absolute Gasteiger partial charge is 0.357 e. The molecule has 1 aliphatic heterocycles. The van der Waals surface area contributed by atoms with Gasteiger partial charge in [0.2, 0.25) is 0 Å². The predicted molar refractivity (Wildman–Crippen MR) is 124 cm³/mol. The first-order valence-electron chi connectivity index (χ1n) is 10.4. The van der Waals surface area contributed by atoms with Crippen molar-refractivity contribution in [3.8, 4) is 6.07 Å². The number of nitriles is 1. The third-order valence-corrected chi connectivity index (χ3v) is 6.55. The Labute approximate surface area is 186 Å². The monoisotopic (exact) mass is 431 g/mol. The lowest BCUT2D eigenvalue weighted by Gasteiger charge is -2.37. The molecule has 0 unspecified atom stereocenters. The van der Waals surface area contributed by atoms with Crippen molar-refractivity contribution in [3.05, 3.63) is 76.1 Å². The maximum Gasteiger partial charge on any atom is 0.265 e. The van der Waals surface area contributed by atoms with Crippen LogP contribution < -0.4 is 10.2 Å². The van der Waals surface area contributed by atoms with Crippen LogP contribution in [-0.4, -0.2) is 42.0 Å². The quantitative estimate of drug-likeness (QED) is 0.628. The van der Waals surface area contributed by atoms with E-state index >= 15 is 0 Å². The number of piperidine rings is 1. The molecule has 0 saturated carbocycles. The summed E-state index contributed by atoms with van der Waals surface area (Å²) in [6.45, 7) is 2.87. The molecule has 6 nitrogen and oxygen atoms in total. The number of likely N-dealkylation sites (tertiary alicyclic amines) is 1. The molecule has 1 fully saturated rings. The van der Waals surface area contributed by atoms with Gasteiger partial charge in [-0.1, -0.05) is 18.2 Å². The van der Waals surface area contributed by atoms with E-state index < -0.39 is 0 Å². The van der Waals surface area contributed by atoms with Gasteiger partial charge in [0.1, 0.15) is 5.82 Å². The molecule has 0 atom stereocenters. The van der Waals surface area contributed by atoms with E-state index in [4.69, 9.17) is 5.26 Å². The zero-order chi connectivity index (χ0) is 21.6. The standard InChI is InChI=1S/C24H25N5OS/c1-28(23-15-20(7-10-26-23)27-24(30)22-6-3-13-31-22)21-8-11-29(12-9-21)17-19-5-2-4-18(14-19)16-25/h2-7,10,13-15,21H,8-9,11-12,17H2,1H3,(H,26,27,30). The molecule has 7 heteroatoms. The number of carbonyl (C=O) groups excluding carboxylic acids is 1. The molecule has 1 aliphatic rings. The van der Waals surface area contributed by atoms with Crippen LogP contribution in [-0.2, 0) is 6.54 Å². The van der Waals surface area contributed by atoms with Crippen molar-refractivity contribution in [1.29, 1.82) is 5.26 Å². The van der Waals surface area contributed by atoms with Crippen LogP contribution in [0, 0.1) is 11.3 Å². The van der Waals surface area contributed by atoms with Gasteiger partial charge in [0.15, 0.2) is 0 Å². The Hall–Kier alpha value is -3.21. The van der Waals surface area contributed by atoms with Gasteiger partial charge in [-0.05, 0) is 48.1 Å². The smallest absolute Gasteiger partial charge is 0.265 e.